The van der Waals surface area contributed by atoms with Crippen molar-refractivity contribution in [2.75, 3.05) is 20.3 Å². The van der Waals surface area contributed by atoms with E-state index in [0.717, 1.165) is 11.1 Å². The van der Waals surface area contributed by atoms with Gasteiger partial charge in [-0.3, -0.25) is 4.79 Å². The van der Waals surface area contributed by atoms with E-state index in [0.29, 0.717) is 29.8 Å². The molecule has 0 heterocycles. The number of hydrazone groups is 1. The maximum atomic E-state index is 12.0. The second kappa shape index (κ2) is 10.2. The Hall–Kier alpha value is -3.02. The number of para-hydroxylation sites is 1. The predicted octanol–water partition coefficient (Wildman–Crippen LogP) is 3.75. The third kappa shape index (κ3) is 6.02. The quantitative estimate of drug-likeness (QED) is 0.539. The standard InChI is InChI=1S/C21H26N2O4/c1-5-26-19-11-10-16(12-20(19)25-4)13-22-23-21(24)14-27-18-9-7-6-8-17(18)15(2)3/h6-13,15H,5,14H2,1-4H3,(H,23,24). The molecule has 2 aromatic rings. The molecule has 0 fully saturated rings. The molecule has 0 atom stereocenters. The lowest BCUT2D eigenvalue weighted by molar-refractivity contribution is -0.123. The molecule has 1 amide bonds. The summed E-state index contributed by atoms with van der Waals surface area (Å²) in [4.78, 5) is 12.0. The van der Waals surface area contributed by atoms with Gasteiger partial charge in [-0.05, 0) is 48.2 Å². The number of benzene rings is 2. The molecule has 0 radical (unpaired) electrons. The van der Waals surface area contributed by atoms with E-state index in [1.54, 1.807) is 19.2 Å². The SMILES string of the molecule is CCOc1ccc(C=NNC(=O)COc2ccccc2C(C)C)cc1OC. The Morgan fingerprint density at radius 2 is 1.89 bits per heavy atom. The van der Waals surface area contributed by atoms with Crippen molar-refractivity contribution >= 4 is 12.1 Å². The zero-order valence-electron chi connectivity index (χ0n) is 16.2. The fourth-order valence-corrected chi connectivity index (χ4v) is 2.48. The van der Waals surface area contributed by atoms with E-state index in [1.165, 1.54) is 6.21 Å². The Balaban J connectivity index is 1.90. The van der Waals surface area contributed by atoms with E-state index >= 15 is 0 Å². The number of amides is 1. The first-order chi connectivity index (χ1) is 13.0. The molecule has 0 aliphatic carbocycles. The van der Waals surface area contributed by atoms with Crippen molar-refractivity contribution in [2.24, 2.45) is 5.10 Å². The number of carbonyl (C=O) groups is 1. The molecular weight excluding hydrogens is 344 g/mol. The number of ether oxygens (including phenoxy) is 3. The summed E-state index contributed by atoms with van der Waals surface area (Å²) in [5.41, 5.74) is 4.31. The highest BCUT2D eigenvalue weighted by atomic mass is 16.5. The molecule has 144 valence electrons. The summed E-state index contributed by atoms with van der Waals surface area (Å²) in [6.45, 7) is 6.52. The third-order valence-electron chi connectivity index (χ3n) is 3.79. The van der Waals surface area contributed by atoms with Gasteiger partial charge in [0.15, 0.2) is 18.1 Å². The van der Waals surface area contributed by atoms with Crippen LogP contribution in [0.1, 0.15) is 37.8 Å². The lowest BCUT2D eigenvalue weighted by Crippen LogP contribution is -2.24. The maximum Gasteiger partial charge on any atom is 0.277 e. The topological polar surface area (TPSA) is 69.2 Å². The molecule has 27 heavy (non-hydrogen) atoms. The molecule has 0 saturated carbocycles. The lowest BCUT2D eigenvalue weighted by atomic mass is 10.0. The fourth-order valence-electron chi connectivity index (χ4n) is 2.48. The summed E-state index contributed by atoms with van der Waals surface area (Å²) in [7, 11) is 1.58. The molecule has 6 heteroatoms. The van der Waals surface area contributed by atoms with Crippen LogP contribution < -0.4 is 19.6 Å². The first-order valence-corrected chi connectivity index (χ1v) is 8.89. The number of nitrogens with zero attached hydrogens (tertiary/aromatic N) is 1. The Labute approximate surface area is 160 Å². The Morgan fingerprint density at radius 3 is 2.59 bits per heavy atom. The minimum atomic E-state index is -0.331. The zero-order chi connectivity index (χ0) is 19.6. The highest BCUT2D eigenvalue weighted by Crippen LogP contribution is 2.27. The summed E-state index contributed by atoms with van der Waals surface area (Å²) >= 11 is 0. The van der Waals surface area contributed by atoms with Crippen LogP contribution in [0.15, 0.2) is 47.6 Å². The smallest absolute Gasteiger partial charge is 0.277 e. The number of methoxy groups -OCH3 is 1. The summed E-state index contributed by atoms with van der Waals surface area (Å²) in [5, 5.41) is 3.96. The summed E-state index contributed by atoms with van der Waals surface area (Å²) in [5.74, 6) is 1.97. The predicted molar refractivity (Wildman–Crippen MR) is 106 cm³/mol. The van der Waals surface area contributed by atoms with E-state index in [9.17, 15) is 4.79 Å². The summed E-state index contributed by atoms with van der Waals surface area (Å²) in [6, 6.07) is 13.1. The van der Waals surface area contributed by atoms with Crippen LogP contribution in [0.25, 0.3) is 0 Å². The number of hydrogen-bond acceptors (Lipinski definition) is 5. The van der Waals surface area contributed by atoms with Crippen molar-refractivity contribution in [3.63, 3.8) is 0 Å². The monoisotopic (exact) mass is 370 g/mol. The Morgan fingerprint density at radius 1 is 1.11 bits per heavy atom. The van der Waals surface area contributed by atoms with Crippen LogP contribution in [0.5, 0.6) is 17.2 Å². The Kier molecular flexibility index (Phi) is 7.67. The van der Waals surface area contributed by atoms with E-state index < -0.39 is 0 Å². The molecule has 6 nitrogen and oxygen atoms in total. The molecule has 0 unspecified atom stereocenters. The molecular formula is C21H26N2O4. The van der Waals surface area contributed by atoms with E-state index in [4.69, 9.17) is 14.2 Å². The van der Waals surface area contributed by atoms with Crippen LogP contribution in [0.4, 0.5) is 0 Å². The molecule has 2 rings (SSSR count). The van der Waals surface area contributed by atoms with Gasteiger partial charge in [0.2, 0.25) is 0 Å². The van der Waals surface area contributed by atoms with Crippen LogP contribution in [-0.2, 0) is 4.79 Å². The average molecular weight is 370 g/mol. The van der Waals surface area contributed by atoms with Crippen LogP contribution in [-0.4, -0.2) is 32.4 Å². The normalized spacial score (nSPS) is 10.9. The zero-order valence-corrected chi connectivity index (χ0v) is 16.2. The van der Waals surface area contributed by atoms with E-state index in [2.05, 4.69) is 24.4 Å². The molecule has 0 aliphatic rings. The van der Waals surface area contributed by atoms with Gasteiger partial charge in [-0.2, -0.15) is 5.10 Å². The van der Waals surface area contributed by atoms with Crippen molar-refractivity contribution < 1.29 is 19.0 Å². The molecule has 1 N–H and O–H groups in total. The van der Waals surface area contributed by atoms with Gasteiger partial charge < -0.3 is 14.2 Å². The van der Waals surface area contributed by atoms with Crippen LogP contribution in [0.3, 0.4) is 0 Å². The minimum absolute atomic E-state index is 0.103. The van der Waals surface area contributed by atoms with E-state index in [-0.39, 0.29) is 12.5 Å². The van der Waals surface area contributed by atoms with Gasteiger partial charge in [0.1, 0.15) is 5.75 Å². The molecule has 0 bridgehead atoms. The van der Waals surface area contributed by atoms with Crippen molar-refractivity contribution in [1.82, 2.24) is 5.43 Å². The lowest BCUT2D eigenvalue weighted by Gasteiger charge is -2.13. The van der Waals surface area contributed by atoms with Crippen LogP contribution >= 0.6 is 0 Å². The van der Waals surface area contributed by atoms with Gasteiger partial charge in [0, 0.05) is 0 Å². The average Bonchev–Trinajstić information content (AvgIpc) is 2.67. The van der Waals surface area contributed by atoms with Gasteiger partial charge >= 0.3 is 0 Å². The molecule has 2 aromatic carbocycles. The van der Waals surface area contributed by atoms with Crippen LogP contribution in [0, 0.1) is 0 Å². The molecule has 0 aromatic heterocycles. The van der Waals surface area contributed by atoms with Gasteiger partial charge in [0.05, 0.1) is 19.9 Å². The highest BCUT2D eigenvalue weighted by Gasteiger charge is 2.09. The number of hydrogen-bond donors (Lipinski definition) is 1. The fraction of sp³-hybridized carbons (Fsp3) is 0.333. The van der Waals surface area contributed by atoms with Crippen molar-refractivity contribution in [2.45, 2.75) is 26.7 Å². The Bertz CT molecular complexity index is 788. The second-order valence-corrected chi connectivity index (χ2v) is 6.12. The van der Waals surface area contributed by atoms with Gasteiger partial charge in [-0.25, -0.2) is 5.43 Å². The highest BCUT2D eigenvalue weighted by molar-refractivity contribution is 5.83. The number of rotatable bonds is 9. The van der Waals surface area contributed by atoms with Crippen molar-refractivity contribution in [3.05, 3.63) is 53.6 Å². The summed E-state index contributed by atoms with van der Waals surface area (Å²) in [6.07, 6.45) is 1.54. The van der Waals surface area contributed by atoms with Gasteiger partial charge in [-0.1, -0.05) is 32.0 Å². The minimum Gasteiger partial charge on any atom is -0.493 e. The largest absolute Gasteiger partial charge is 0.493 e. The number of nitrogens with one attached hydrogen (secondary N) is 1. The van der Waals surface area contributed by atoms with Crippen molar-refractivity contribution in [3.8, 4) is 17.2 Å². The first kappa shape index (κ1) is 20.3. The summed E-state index contributed by atoms with van der Waals surface area (Å²) < 4.78 is 16.4. The van der Waals surface area contributed by atoms with Gasteiger partial charge in [0.25, 0.3) is 5.91 Å². The molecule has 0 spiro atoms. The van der Waals surface area contributed by atoms with Crippen LogP contribution in [0.2, 0.25) is 0 Å². The second-order valence-electron chi connectivity index (χ2n) is 6.12. The first-order valence-electron chi connectivity index (χ1n) is 8.89. The maximum absolute atomic E-state index is 12.0. The molecule has 0 aliphatic heterocycles. The third-order valence-corrected chi connectivity index (χ3v) is 3.79. The van der Waals surface area contributed by atoms with Gasteiger partial charge in [-0.15, -0.1) is 0 Å². The van der Waals surface area contributed by atoms with Crippen molar-refractivity contribution in [1.29, 1.82) is 0 Å². The van der Waals surface area contributed by atoms with E-state index in [1.807, 2.05) is 37.3 Å². The molecule has 0 saturated heterocycles. The number of carbonyl (C=O) groups excluding carboxylic acids is 1.